The normalized spacial score (nSPS) is 11.8. The summed E-state index contributed by atoms with van der Waals surface area (Å²) in [6.07, 6.45) is -7.29. The number of hydrogen-bond donors (Lipinski definition) is 5. The summed E-state index contributed by atoms with van der Waals surface area (Å²) < 4.78 is 182. The molecule has 0 fully saturated rings. The van der Waals surface area contributed by atoms with Crippen molar-refractivity contribution in [1.82, 2.24) is 97.2 Å². The second-order valence-corrected chi connectivity index (χ2v) is 24.8. The molecule has 3 aromatic carbocycles. The molecule has 0 amide bonds. The molecular weight excluding hydrogens is 1560 g/mol. The van der Waals surface area contributed by atoms with E-state index in [4.69, 9.17) is 44.9 Å². The summed E-state index contributed by atoms with van der Waals surface area (Å²) in [5.41, 5.74) is 2.66. The van der Waals surface area contributed by atoms with Crippen LogP contribution in [0.5, 0.6) is 11.8 Å². The number of ether oxygens (including phenoxy) is 2. The van der Waals surface area contributed by atoms with E-state index in [-0.39, 0.29) is 98.1 Å². The quantitative estimate of drug-likeness (QED) is 0.0245. The number of halogens is 16. The van der Waals surface area contributed by atoms with Crippen molar-refractivity contribution in [3.63, 3.8) is 0 Å². The van der Waals surface area contributed by atoms with Crippen LogP contribution in [0.3, 0.4) is 0 Å². The van der Waals surface area contributed by atoms with Crippen molar-refractivity contribution < 1.29 is 76.6 Å². The Morgan fingerprint density at radius 1 is 0.459 bits per heavy atom. The lowest BCUT2D eigenvalue weighted by atomic mass is 9.81. The topological polar surface area (TPSA) is 329 Å². The molecule has 0 spiro atoms. The van der Waals surface area contributed by atoms with Crippen molar-refractivity contribution >= 4 is 80.9 Å². The third kappa shape index (κ3) is 18.4. The number of nitrogens with zero attached hydrogens (tertiary/aromatic N) is 17. The van der Waals surface area contributed by atoms with Crippen LogP contribution in [0, 0.1) is 0 Å². The maximum absolute atomic E-state index is 13.0. The molecule has 0 aliphatic rings. The molecule has 0 radical (unpaired) electrons. The van der Waals surface area contributed by atoms with Crippen molar-refractivity contribution in [3.05, 3.63) is 220 Å². The smallest absolute Gasteiger partial charge is 0.423 e. The van der Waals surface area contributed by atoms with Crippen LogP contribution in [-0.2, 0) is 72.1 Å². The summed E-state index contributed by atoms with van der Waals surface area (Å²) in [4.78, 5) is 89.0. The Morgan fingerprint density at radius 2 is 0.811 bits per heavy atom. The summed E-state index contributed by atoms with van der Waals surface area (Å²) in [6, 6.07) is 25.6. The van der Waals surface area contributed by atoms with Crippen LogP contribution in [0.2, 0.25) is 15.7 Å². The van der Waals surface area contributed by atoms with Gasteiger partial charge in [0.15, 0.2) is 45.0 Å². The number of benzene rings is 3. The highest BCUT2D eigenvalue weighted by atomic mass is 35.5. The first kappa shape index (κ1) is 80.2. The van der Waals surface area contributed by atoms with Gasteiger partial charge in [-0.1, -0.05) is 104 Å². The lowest BCUT2D eigenvalue weighted by Gasteiger charge is -2.10. The third-order valence-corrected chi connectivity index (χ3v) is 16.9. The standard InChI is InChI=1S/C25H20F5N7O2.C19H16ClF3N6O.C17H11Cl2F3N6O.C6H6BF2NO3/c1-3-16-18-21(35-19(32-16)15-5-4-10-31-22(15)39-23(26)27)37(24(38)34-18)11-13-6-8-14(9-7-13)20-33-17(12-36(20)2)25(28,29)30;1-3-12-14-16(27-17(20)24-12)29(18(30)26-14)8-10-4-6-11(7-5-10)15-25-13(9-28(15)2)19(21,22)23;1-27-7-10(17(20,21)22)23-13(27)9-4-2-8(3-5-9)6-28-14-11(24-16(28)29)12(18)25-15(19)26-14;8-6(9)13-5-4(7(11)12)2-1-3-10-5/h4-10,12,23H,3,11H2,1-2H3,(H,34,38);4-7,9H,3,8H2,1-2H3,(H,26,30);2-5,7H,6H2,1H3,(H,24,29);1-3,6,11-12H. The van der Waals surface area contributed by atoms with E-state index in [0.29, 0.717) is 68.7 Å². The molecule has 578 valence electrons. The second kappa shape index (κ2) is 32.8. The number of rotatable bonds is 17. The number of nitrogens with one attached hydrogen (secondary N) is 3. The van der Waals surface area contributed by atoms with Gasteiger partial charge in [-0.15, -0.1) is 0 Å². The van der Waals surface area contributed by atoms with Gasteiger partial charge in [-0.25, -0.2) is 59.2 Å². The lowest BCUT2D eigenvalue weighted by molar-refractivity contribution is -0.141. The largest absolute Gasteiger partial charge is 0.494 e. The van der Waals surface area contributed by atoms with Gasteiger partial charge in [-0.05, 0) is 70.9 Å². The average Bonchev–Trinajstić information content (AvgIpc) is 1.65. The Balaban J connectivity index is 0.000000154. The number of fused-ring (bicyclic) bond motifs is 3. The van der Waals surface area contributed by atoms with Crippen LogP contribution in [0.25, 0.3) is 79.0 Å². The van der Waals surface area contributed by atoms with Crippen molar-refractivity contribution in [3.8, 4) is 57.3 Å². The van der Waals surface area contributed by atoms with Gasteiger partial charge in [0.05, 0.1) is 36.6 Å². The fraction of sp³-hybridized carbons (Fsp3) is 0.224. The van der Waals surface area contributed by atoms with Gasteiger partial charge in [0.1, 0.15) is 34.0 Å². The summed E-state index contributed by atoms with van der Waals surface area (Å²) in [5, 5.41) is 17.4. The fourth-order valence-corrected chi connectivity index (χ4v) is 11.8. The zero-order valence-electron chi connectivity index (χ0n) is 57.5. The minimum absolute atomic E-state index is 0.0291. The Kier molecular flexibility index (Phi) is 23.7. The molecule has 0 aliphatic carbocycles. The first-order chi connectivity index (χ1) is 52.5. The predicted octanol–water partition coefficient (Wildman–Crippen LogP) is 11.9. The molecule has 0 saturated heterocycles. The molecule has 0 atom stereocenters. The van der Waals surface area contributed by atoms with Crippen LogP contribution in [0.4, 0.5) is 57.1 Å². The maximum atomic E-state index is 13.0. The Hall–Kier alpha value is -11.8. The molecule has 0 aliphatic heterocycles. The van der Waals surface area contributed by atoms with Gasteiger partial charge in [-0.2, -0.15) is 67.0 Å². The zero-order valence-corrected chi connectivity index (χ0v) is 59.7. The predicted molar refractivity (Wildman–Crippen MR) is 377 cm³/mol. The van der Waals surface area contributed by atoms with Crippen molar-refractivity contribution in [2.24, 2.45) is 21.1 Å². The fourth-order valence-electron chi connectivity index (χ4n) is 11.2. The number of aromatic amines is 3. The Morgan fingerprint density at radius 3 is 1.19 bits per heavy atom. The van der Waals surface area contributed by atoms with E-state index in [1.807, 2.05) is 13.8 Å². The Bertz CT molecular complexity index is 5880. The highest BCUT2D eigenvalue weighted by Gasteiger charge is 2.37. The minimum atomic E-state index is -4.56. The molecular formula is C67H53BCl3F13N20O7. The summed E-state index contributed by atoms with van der Waals surface area (Å²) in [7, 11) is 2.60. The number of pyridine rings is 2. The van der Waals surface area contributed by atoms with E-state index in [2.05, 4.69) is 79.2 Å². The first-order valence-electron chi connectivity index (χ1n) is 32.2. The summed E-state index contributed by atoms with van der Waals surface area (Å²) in [5.74, 6) is -0.253. The Labute approximate surface area is 628 Å². The van der Waals surface area contributed by atoms with Crippen LogP contribution in [0.15, 0.2) is 142 Å². The van der Waals surface area contributed by atoms with Crippen LogP contribution in [-0.4, -0.2) is 128 Å². The molecule has 111 heavy (non-hydrogen) atoms. The number of alkyl halides is 13. The molecule has 44 heteroatoms. The zero-order chi connectivity index (χ0) is 80.3. The number of aromatic nitrogens is 20. The van der Waals surface area contributed by atoms with Crippen molar-refractivity contribution in [2.75, 3.05) is 0 Å². The van der Waals surface area contributed by atoms with Crippen LogP contribution < -0.4 is 32.0 Å². The third-order valence-electron chi connectivity index (χ3n) is 16.2. The van der Waals surface area contributed by atoms with Gasteiger partial charge in [0, 0.05) is 74.3 Å². The van der Waals surface area contributed by atoms with E-state index in [1.54, 1.807) is 72.8 Å². The molecule has 0 unspecified atom stereocenters. The maximum Gasteiger partial charge on any atom is 0.494 e. The van der Waals surface area contributed by atoms with Crippen molar-refractivity contribution in [1.29, 1.82) is 0 Å². The number of aryl methyl sites for hydroxylation is 5. The number of hydrogen-bond acceptors (Lipinski definition) is 18. The molecule has 14 rings (SSSR count). The number of imidazole rings is 6. The number of H-pyrrole nitrogens is 3. The summed E-state index contributed by atoms with van der Waals surface area (Å²) in [6.45, 7) is -1.99. The average molecular weight is 1610 g/mol. The van der Waals surface area contributed by atoms with E-state index in [9.17, 15) is 71.5 Å². The van der Waals surface area contributed by atoms with Crippen molar-refractivity contribution in [2.45, 2.75) is 78.1 Å². The molecule has 5 N–H and O–H groups in total. The first-order valence-corrected chi connectivity index (χ1v) is 33.3. The van der Waals surface area contributed by atoms with Crippen LogP contribution >= 0.6 is 34.8 Å². The molecule has 14 aromatic rings. The molecule has 11 heterocycles. The van der Waals surface area contributed by atoms with E-state index < -0.39 is 73.2 Å². The van der Waals surface area contributed by atoms with Gasteiger partial charge < -0.3 is 48.2 Å². The molecule has 0 bridgehead atoms. The summed E-state index contributed by atoms with van der Waals surface area (Å²) >= 11 is 17.8. The van der Waals surface area contributed by atoms with Gasteiger partial charge in [0.2, 0.25) is 22.3 Å². The van der Waals surface area contributed by atoms with E-state index in [0.717, 1.165) is 24.2 Å². The molecule has 27 nitrogen and oxygen atoms in total. The molecule has 0 saturated carbocycles. The van der Waals surface area contributed by atoms with E-state index >= 15 is 0 Å². The SMILES string of the molecule is CCc1nc(-c2cccnc2OC(F)F)nc2c1[nH]c(=O)n2Cc1ccc(-c2nc(C(F)(F)F)cn2C)cc1.CCc1nc(Cl)nc2c1[nH]c(=O)n2Cc1ccc(-c2nc(C(F)(F)F)cn2C)cc1.Cn1cc(C(F)(F)F)nc1-c1ccc(Cn2c(=O)[nH]c3c(Cl)nc(Cl)nc32)cc1.OB(O)c1cccnc1OC(F)F. The molecule has 11 aromatic heterocycles. The van der Waals surface area contributed by atoms with Gasteiger partial charge >= 0.3 is 55.9 Å². The monoisotopic (exact) mass is 1610 g/mol. The van der Waals surface area contributed by atoms with Gasteiger partial charge in [0.25, 0.3) is 0 Å². The highest BCUT2D eigenvalue weighted by molar-refractivity contribution is 6.59. The highest BCUT2D eigenvalue weighted by Crippen LogP contribution is 2.35. The second-order valence-electron chi connectivity index (χ2n) is 23.7. The van der Waals surface area contributed by atoms with Gasteiger partial charge in [-0.3, -0.25) is 13.7 Å². The van der Waals surface area contributed by atoms with E-state index in [1.165, 1.54) is 85.2 Å². The minimum Gasteiger partial charge on any atom is -0.423 e. The van der Waals surface area contributed by atoms with Crippen LogP contribution in [0.1, 0.15) is 59.0 Å². The lowest BCUT2D eigenvalue weighted by Crippen LogP contribution is -2.32.